The Morgan fingerprint density at radius 3 is 3.00 bits per heavy atom. The third-order valence-electron chi connectivity index (χ3n) is 1.88. The Hall–Kier alpha value is -1.36. The van der Waals surface area contributed by atoms with Gasteiger partial charge in [0.05, 0.1) is 0 Å². The van der Waals surface area contributed by atoms with Crippen LogP contribution in [0.25, 0.3) is 10.9 Å². The van der Waals surface area contributed by atoms with E-state index in [2.05, 4.69) is 15.0 Å². The van der Waals surface area contributed by atoms with E-state index < -0.39 is 0 Å². The number of aromatic nitrogens is 3. The predicted octanol–water partition coefficient (Wildman–Crippen LogP) is 1.35. The van der Waals surface area contributed by atoms with Gasteiger partial charge in [-0.1, -0.05) is 11.8 Å². The van der Waals surface area contributed by atoms with E-state index in [1.54, 1.807) is 6.20 Å². The largest absolute Gasteiger partial charge is 0.325 e. The second-order valence-electron chi connectivity index (χ2n) is 2.94. The zero-order valence-corrected chi connectivity index (χ0v) is 8.68. The van der Waals surface area contributed by atoms with Gasteiger partial charge in [-0.2, -0.15) is 0 Å². The third kappa shape index (κ3) is 1.50. The highest BCUT2D eigenvalue weighted by Gasteiger charge is 2.03. The first-order valence-corrected chi connectivity index (χ1v) is 5.34. The van der Waals surface area contributed by atoms with E-state index >= 15 is 0 Å². The van der Waals surface area contributed by atoms with Crippen LogP contribution in [-0.2, 0) is 0 Å². The molecule has 2 rings (SSSR count). The number of pyridine rings is 1. The molecule has 2 aromatic rings. The minimum Gasteiger partial charge on any atom is -0.325 e. The number of fused-ring (bicyclic) bond motifs is 1. The molecule has 2 heterocycles. The Labute approximate surface area is 84.8 Å². The van der Waals surface area contributed by atoms with E-state index in [4.69, 9.17) is 0 Å². The lowest BCUT2D eigenvalue weighted by molar-refractivity contribution is 0.992. The fraction of sp³-hybridized carbons (Fsp3) is 0.222. The summed E-state index contributed by atoms with van der Waals surface area (Å²) in [6, 6.07) is 1.86. The van der Waals surface area contributed by atoms with Crippen LogP contribution in [0.4, 0.5) is 0 Å². The molecule has 0 bridgehead atoms. The smallest absolute Gasteiger partial charge is 0.274 e. The lowest BCUT2D eigenvalue weighted by Gasteiger charge is -1.99. The molecule has 0 aliphatic heterocycles. The second kappa shape index (κ2) is 3.42. The van der Waals surface area contributed by atoms with Crippen molar-refractivity contribution in [1.29, 1.82) is 0 Å². The minimum atomic E-state index is -0.155. The van der Waals surface area contributed by atoms with Crippen molar-refractivity contribution in [3.8, 4) is 0 Å². The Bertz CT molecular complexity index is 535. The van der Waals surface area contributed by atoms with Crippen molar-refractivity contribution in [2.75, 3.05) is 6.26 Å². The number of H-pyrrole nitrogens is 1. The summed E-state index contributed by atoms with van der Waals surface area (Å²) < 4.78 is 0. The van der Waals surface area contributed by atoms with Gasteiger partial charge in [0.2, 0.25) is 0 Å². The molecule has 0 saturated heterocycles. The van der Waals surface area contributed by atoms with Gasteiger partial charge >= 0.3 is 0 Å². The van der Waals surface area contributed by atoms with Crippen LogP contribution in [0.1, 0.15) is 5.69 Å². The summed E-state index contributed by atoms with van der Waals surface area (Å²) in [4.78, 5) is 22.5. The van der Waals surface area contributed by atoms with E-state index in [0.29, 0.717) is 10.7 Å². The normalized spacial score (nSPS) is 10.7. The second-order valence-corrected chi connectivity index (χ2v) is 3.72. The van der Waals surface area contributed by atoms with Gasteiger partial charge in [0, 0.05) is 17.3 Å². The summed E-state index contributed by atoms with van der Waals surface area (Å²) in [6.45, 7) is 1.84. The molecule has 0 radical (unpaired) electrons. The molecule has 0 aliphatic carbocycles. The van der Waals surface area contributed by atoms with Crippen molar-refractivity contribution in [2.24, 2.45) is 0 Å². The SMILES string of the molecule is CSc1ncc2cc(C)[nH]c(=O)c2n1. The molecule has 0 fully saturated rings. The number of rotatable bonds is 1. The van der Waals surface area contributed by atoms with Gasteiger partial charge in [-0.25, -0.2) is 9.97 Å². The number of aromatic amines is 1. The first-order valence-electron chi connectivity index (χ1n) is 4.11. The van der Waals surface area contributed by atoms with Crippen LogP contribution in [0.2, 0.25) is 0 Å². The first kappa shape index (κ1) is 9.21. The van der Waals surface area contributed by atoms with Gasteiger partial charge < -0.3 is 4.98 Å². The fourth-order valence-corrected chi connectivity index (χ4v) is 1.61. The molecular weight excluding hydrogens is 198 g/mol. The summed E-state index contributed by atoms with van der Waals surface area (Å²) in [7, 11) is 0. The van der Waals surface area contributed by atoms with Gasteiger partial charge in [0.1, 0.15) is 5.52 Å². The van der Waals surface area contributed by atoms with Gasteiger partial charge in [-0.3, -0.25) is 4.79 Å². The van der Waals surface area contributed by atoms with Crippen LogP contribution in [-0.4, -0.2) is 21.2 Å². The summed E-state index contributed by atoms with van der Waals surface area (Å²) in [5, 5.41) is 1.40. The highest BCUT2D eigenvalue weighted by atomic mass is 32.2. The molecule has 0 spiro atoms. The van der Waals surface area contributed by atoms with Crippen molar-refractivity contribution in [3.05, 3.63) is 28.3 Å². The molecule has 0 saturated carbocycles. The Morgan fingerprint density at radius 1 is 1.50 bits per heavy atom. The maximum atomic E-state index is 11.5. The molecule has 72 valence electrons. The van der Waals surface area contributed by atoms with Crippen molar-refractivity contribution in [2.45, 2.75) is 12.1 Å². The minimum absolute atomic E-state index is 0.155. The molecule has 0 aliphatic rings. The van der Waals surface area contributed by atoms with Crippen LogP contribution in [0.3, 0.4) is 0 Å². The number of nitrogens with zero attached hydrogens (tertiary/aromatic N) is 2. The third-order valence-corrected chi connectivity index (χ3v) is 2.44. The Kier molecular flexibility index (Phi) is 2.25. The van der Waals surface area contributed by atoms with Crippen molar-refractivity contribution in [3.63, 3.8) is 0 Å². The molecule has 0 atom stereocenters. The number of hydrogen-bond acceptors (Lipinski definition) is 4. The monoisotopic (exact) mass is 207 g/mol. The molecule has 0 unspecified atom stereocenters. The average Bonchev–Trinajstić information content (AvgIpc) is 2.17. The van der Waals surface area contributed by atoms with E-state index in [-0.39, 0.29) is 5.56 Å². The van der Waals surface area contributed by atoms with E-state index in [1.165, 1.54) is 11.8 Å². The topological polar surface area (TPSA) is 58.6 Å². The summed E-state index contributed by atoms with van der Waals surface area (Å²) in [6.07, 6.45) is 3.56. The zero-order chi connectivity index (χ0) is 10.1. The summed E-state index contributed by atoms with van der Waals surface area (Å²) in [5.74, 6) is 0. The quantitative estimate of drug-likeness (QED) is 0.566. The van der Waals surface area contributed by atoms with Crippen LogP contribution >= 0.6 is 11.8 Å². The highest BCUT2D eigenvalue weighted by Crippen LogP contribution is 2.12. The van der Waals surface area contributed by atoms with Crippen LogP contribution in [0, 0.1) is 6.92 Å². The molecule has 2 aromatic heterocycles. The molecule has 5 heteroatoms. The van der Waals surface area contributed by atoms with Crippen molar-refractivity contribution >= 4 is 22.7 Å². The van der Waals surface area contributed by atoms with Gasteiger partial charge in [0.15, 0.2) is 5.16 Å². The Morgan fingerprint density at radius 2 is 2.29 bits per heavy atom. The van der Waals surface area contributed by atoms with Crippen LogP contribution in [0.5, 0.6) is 0 Å². The first-order chi connectivity index (χ1) is 6.70. The Balaban J connectivity index is 2.82. The maximum Gasteiger partial charge on any atom is 0.274 e. The maximum absolute atomic E-state index is 11.5. The van der Waals surface area contributed by atoms with Gasteiger partial charge in [-0.05, 0) is 19.2 Å². The summed E-state index contributed by atoms with van der Waals surface area (Å²) >= 11 is 1.42. The molecule has 0 amide bonds. The fourth-order valence-electron chi connectivity index (χ4n) is 1.27. The predicted molar refractivity (Wildman–Crippen MR) is 56.7 cm³/mol. The highest BCUT2D eigenvalue weighted by molar-refractivity contribution is 7.98. The molecule has 4 nitrogen and oxygen atoms in total. The van der Waals surface area contributed by atoms with Crippen LogP contribution in [0.15, 0.2) is 22.2 Å². The summed E-state index contributed by atoms with van der Waals surface area (Å²) in [5.41, 5.74) is 1.12. The van der Waals surface area contributed by atoms with Gasteiger partial charge in [0.25, 0.3) is 5.56 Å². The number of hydrogen-bond donors (Lipinski definition) is 1. The molecule has 1 N–H and O–H groups in total. The number of aryl methyl sites for hydroxylation is 1. The average molecular weight is 207 g/mol. The molecular formula is C9H9N3OS. The molecule has 14 heavy (non-hydrogen) atoms. The van der Waals surface area contributed by atoms with E-state index in [1.807, 2.05) is 19.2 Å². The molecule has 0 aromatic carbocycles. The lowest BCUT2D eigenvalue weighted by Crippen LogP contribution is -2.09. The standard InChI is InChI=1S/C9H9N3OS/c1-5-3-6-4-10-9(14-2)12-7(6)8(13)11-5/h3-4H,1-2H3,(H,11,13). The number of nitrogens with one attached hydrogen (secondary N) is 1. The van der Waals surface area contributed by atoms with Gasteiger partial charge in [-0.15, -0.1) is 0 Å². The zero-order valence-electron chi connectivity index (χ0n) is 7.87. The van der Waals surface area contributed by atoms with Crippen LogP contribution < -0.4 is 5.56 Å². The number of thioether (sulfide) groups is 1. The van der Waals surface area contributed by atoms with Crippen molar-refractivity contribution < 1.29 is 0 Å². The van der Waals surface area contributed by atoms with E-state index in [9.17, 15) is 4.79 Å². The van der Waals surface area contributed by atoms with E-state index in [0.717, 1.165) is 11.1 Å². The lowest BCUT2D eigenvalue weighted by atomic mass is 10.3. The van der Waals surface area contributed by atoms with Crippen molar-refractivity contribution in [1.82, 2.24) is 15.0 Å².